The largest absolute Gasteiger partial charge is 0.461 e. The monoisotopic (exact) mass is 533 g/mol. The summed E-state index contributed by atoms with van der Waals surface area (Å²) in [5.74, 6) is 0.227. The van der Waals surface area contributed by atoms with Crippen LogP contribution in [0.25, 0.3) is 33.7 Å². The fourth-order valence-electron chi connectivity index (χ4n) is 4.90. The third-order valence-electron chi connectivity index (χ3n) is 6.82. The molecule has 0 saturated carbocycles. The van der Waals surface area contributed by atoms with E-state index in [2.05, 4.69) is 25.0 Å². The zero-order valence-corrected chi connectivity index (χ0v) is 20.7. The van der Waals surface area contributed by atoms with Crippen molar-refractivity contribution in [2.45, 2.75) is 6.54 Å². The number of halogens is 1. The van der Waals surface area contributed by atoms with Gasteiger partial charge >= 0.3 is 4.87 Å². The first-order valence-electron chi connectivity index (χ1n) is 12.0. The Hall–Kier alpha value is -4.43. The lowest BCUT2D eigenvalue weighted by atomic mass is 10.2. The average Bonchev–Trinajstić information content (AvgIpc) is 3.68. The highest BCUT2D eigenvalue weighted by atomic mass is 32.1. The summed E-state index contributed by atoms with van der Waals surface area (Å²) in [6.45, 7) is 3.65. The van der Waals surface area contributed by atoms with Crippen molar-refractivity contribution in [3.05, 3.63) is 56.6 Å². The smallest absolute Gasteiger partial charge is 0.309 e. The molecular formula is C24H20FN9O3S. The SMILES string of the molecule is Nc1nc2c(sc(=O)n2CCN2CCN(c3cc4c(cc3F)=NC(=O)C=4)CC2)c2nc(-c3ccco3)nn12. The molecule has 0 radical (unpaired) electrons. The van der Waals surface area contributed by atoms with Gasteiger partial charge in [0.2, 0.25) is 11.8 Å². The van der Waals surface area contributed by atoms with E-state index < -0.39 is 0 Å². The van der Waals surface area contributed by atoms with Crippen molar-refractivity contribution in [1.82, 2.24) is 29.0 Å². The summed E-state index contributed by atoms with van der Waals surface area (Å²) in [5, 5.41) is 5.39. The Morgan fingerprint density at radius 2 is 1.92 bits per heavy atom. The van der Waals surface area contributed by atoms with E-state index in [0.29, 0.717) is 83.1 Å². The van der Waals surface area contributed by atoms with Crippen LogP contribution in [0.2, 0.25) is 0 Å². The number of nitrogens with two attached hydrogens (primary N) is 1. The lowest BCUT2D eigenvalue weighted by molar-refractivity contribution is -0.112. The van der Waals surface area contributed by atoms with Gasteiger partial charge in [-0.25, -0.2) is 14.4 Å². The molecule has 0 aliphatic carbocycles. The third-order valence-corrected chi connectivity index (χ3v) is 7.78. The first kappa shape index (κ1) is 22.7. The van der Waals surface area contributed by atoms with Gasteiger partial charge in [-0.15, -0.1) is 5.10 Å². The van der Waals surface area contributed by atoms with Gasteiger partial charge in [-0.2, -0.15) is 9.50 Å². The molecular weight excluding hydrogens is 513 g/mol. The van der Waals surface area contributed by atoms with Gasteiger partial charge in [-0.05, 0) is 18.2 Å². The van der Waals surface area contributed by atoms with Crippen LogP contribution in [-0.2, 0) is 11.3 Å². The van der Waals surface area contributed by atoms with E-state index in [1.54, 1.807) is 22.8 Å². The van der Waals surface area contributed by atoms with Crippen LogP contribution in [0.1, 0.15) is 0 Å². The number of carbonyl (C=O) groups is 1. The van der Waals surface area contributed by atoms with Gasteiger partial charge in [-0.3, -0.25) is 19.1 Å². The van der Waals surface area contributed by atoms with Crippen molar-refractivity contribution in [3.8, 4) is 11.6 Å². The second-order valence-electron chi connectivity index (χ2n) is 9.08. The van der Waals surface area contributed by atoms with Crippen LogP contribution < -0.4 is 26.1 Å². The molecule has 6 heterocycles. The number of nitrogen functional groups attached to an aromatic ring is 1. The van der Waals surface area contributed by atoms with E-state index in [4.69, 9.17) is 10.2 Å². The molecule has 7 rings (SSSR count). The summed E-state index contributed by atoms with van der Waals surface area (Å²) in [6.07, 6.45) is 2.95. The Kier molecular flexibility index (Phi) is 5.13. The number of carbonyl (C=O) groups excluding carboxylic acids is 1. The van der Waals surface area contributed by atoms with Crippen LogP contribution in [0.15, 0.2) is 44.7 Å². The summed E-state index contributed by atoms with van der Waals surface area (Å²) in [7, 11) is 0. The number of rotatable bonds is 5. The average molecular weight is 534 g/mol. The minimum atomic E-state index is -0.390. The van der Waals surface area contributed by atoms with E-state index in [0.717, 1.165) is 11.3 Å². The molecule has 2 aliphatic rings. The Labute approximate surface area is 216 Å². The second kappa shape index (κ2) is 8.56. The summed E-state index contributed by atoms with van der Waals surface area (Å²) in [4.78, 5) is 41.3. The van der Waals surface area contributed by atoms with Gasteiger partial charge in [0, 0.05) is 56.6 Å². The number of aromatic nitrogens is 5. The Morgan fingerprint density at radius 3 is 2.71 bits per heavy atom. The molecule has 1 amide bonds. The maximum Gasteiger partial charge on any atom is 0.309 e. The first-order chi connectivity index (χ1) is 18.4. The third kappa shape index (κ3) is 3.68. The van der Waals surface area contributed by atoms with Crippen LogP contribution >= 0.6 is 11.3 Å². The molecule has 4 aromatic heterocycles. The fraction of sp³-hybridized carbons (Fsp3) is 0.250. The molecule has 2 aliphatic heterocycles. The van der Waals surface area contributed by atoms with Crippen LogP contribution in [0.4, 0.5) is 16.0 Å². The van der Waals surface area contributed by atoms with Gasteiger partial charge in [-0.1, -0.05) is 11.3 Å². The highest BCUT2D eigenvalue weighted by Crippen LogP contribution is 2.25. The normalized spacial score (nSPS) is 15.8. The highest BCUT2D eigenvalue weighted by Gasteiger charge is 2.23. The lowest BCUT2D eigenvalue weighted by Gasteiger charge is -2.36. The minimum Gasteiger partial charge on any atom is -0.461 e. The summed E-state index contributed by atoms with van der Waals surface area (Å²) in [5.41, 5.74) is 7.56. The fourth-order valence-corrected chi connectivity index (χ4v) is 5.83. The number of hydrogen-bond donors (Lipinski definition) is 1. The first-order valence-corrected chi connectivity index (χ1v) is 12.8. The second-order valence-corrected chi connectivity index (χ2v) is 10.0. The molecule has 5 aromatic rings. The maximum atomic E-state index is 14.7. The number of furan rings is 1. The van der Waals surface area contributed by atoms with Crippen LogP contribution in [0.3, 0.4) is 0 Å². The highest BCUT2D eigenvalue weighted by molar-refractivity contribution is 7.17. The molecule has 12 nitrogen and oxygen atoms in total. The molecule has 38 heavy (non-hydrogen) atoms. The van der Waals surface area contributed by atoms with Crippen LogP contribution in [0.5, 0.6) is 0 Å². The predicted octanol–water partition coefficient (Wildman–Crippen LogP) is 0.244. The molecule has 14 heteroatoms. The van der Waals surface area contributed by atoms with Crippen molar-refractivity contribution >= 4 is 50.9 Å². The van der Waals surface area contributed by atoms with Gasteiger partial charge in [0.15, 0.2) is 17.1 Å². The number of benzene rings is 1. The summed E-state index contributed by atoms with van der Waals surface area (Å²) < 4.78 is 23.7. The van der Waals surface area contributed by atoms with Crippen LogP contribution in [0, 0.1) is 5.82 Å². The van der Waals surface area contributed by atoms with Gasteiger partial charge in [0.25, 0.3) is 5.91 Å². The Bertz CT molecular complexity index is 1920. The molecule has 1 saturated heterocycles. The van der Waals surface area contributed by atoms with E-state index >= 15 is 0 Å². The number of piperazine rings is 1. The lowest BCUT2D eigenvalue weighted by Crippen LogP contribution is -2.48. The van der Waals surface area contributed by atoms with E-state index in [1.807, 2.05) is 4.90 Å². The molecule has 2 N–H and O–H groups in total. The number of hydrogen-bond acceptors (Lipinski definition) is 10. The minimum absolute atomic E-state index is 0.126. The van der Waals surface area contributed by atoms with Crippen molar-refractivity contribution in [3.63, 3.8) is 0 Å². The zero-order valence-electron chi connectivity index (χ0n) is 19.9. The Balaban J connectivity index is 1.09. The zero-order chi connectivity index (χ0) is 26.0. The molecule has 1 aromatic carbocycles. The Morgan fingerprint density at radius 1 is 1.08 bits per heavy atom. The summed E-state index contributed by atoms with van der Waals surface area (Å²) in [6, 6.07) is 6.49. The number of thiazole rings is 1. The standard InChI is InChI=1S/C24H20FN9O3S/c25-14-12-15-13(11-18(35)27-15)10-16(14)32-6-3-31(4-7-32)5-8-33-21-19(38-24(33)36)22-28-20(17-2-1-9-37-17)30-34(22)23(26)29-21/h1-2,9-12H,3-8H2,(H2,26,29). The topological polar surface area (TPSA) is 140 Å². The number of anilines is 2. The molecule has 0 atom stereocenters. The molecule has 192 valence electrons. The molecule has 0 bridgehead atoms. The van der Waals surface area contributed by atoms with Gasteiger partial charge in [0.1, 0.15) is 10.5 Å². The molecule has 0 spiro atoms. The van der Waals surface area contributed by atoms with Gasteiger partial charge in [0.05, 0.1) is 17.3 Å². The van der Waals surface area contributed by atoms with Crippen molar-refractivity contribution in [1.29, 1.82) is 0 Å². The number of fused-ring (bicyclic) bond motifs is 4. The maximum absolute atomic E-state index is 14.7. The quantitative estimate of drug-likeness (QED) is 0.337. The van der Waals surface area contributed by atoms with Crippen molar-refractivity contribution in [2.75, 3.05) is 43.4 Å². The number of amides is 1. The molecule has 0 unspecified atom stereocenters. The van der Waals surface area contributed by atoms with Gasteiger partial charge < -0.3 is 15.1 Å². The molecule has 1 fully saturated rings. The van der Waals surface area contributed by atoms with Crippen molar-refractivity contribution in [2.24, 2.45) is 4.99 Å². The van der Waals surface area contributed by atoms with E-state index in [9.17, 15) is 14.0 Å². The number of nitrogens with zero attached hydrogens (tertiary/aromatic N) is 8. The summed E-state index contributed by atoms with van der Waals surface area (Å²) >= 11 is 1.06. The van der Waals surface area contributed by atoms with E-state index in [1.165, 1.54) is 22.9 Å². The van der Waals surface area contributed by atoms with Crippen molar-refractivity contribution < 1.29 is 13.6 Å². The predicted molar refractivity (Wildman–Crippen MR) is 138 cm³/mol. The van der Waals surface area contributed by atoms with E-state index in [-0.39, 0.29) is 22.5 Å². The van der Waals surface area contributed by atoms with Crippen LogP contribution in [-0.4, -0.2) is 67.7 Å².